The number of amides is 1. The molecule has 6 heteroatoms. The third kappa shape index (κ3) is 4.18. The molecular weight excluding hydrogens is 296 g/mol. The number of hydrogen-bond donors (Lipinski definition) is 2. The Bertz CT molecular complexity index is 693. The molecule has 0 unspecified atom stereocenters. The normalized spacial score (nSPS) is 12.2. The number of carbonyl (C=O) groups excluding carboxylic acids is 1. The summed E-state index contributed by atoms with van der Waals surface area (Å²) in [7, 11) is 0. The first-order valence-electron chi connectivity index (χ1n) is 7.43. The Hall–Kier alpha value is -2.63. The molecule has 2 aromatic rings. The Labute approximate surface area is 134 Å². The molecule has 1 atom stereocenters. The Balaban J connectivity index is 2.17. The summed E-state index contributed by atoms with van der Waals surface area (Å²) >= 11 is 0. The van der Waals surface area contributed by atoms with Gasteiger partial charge in [0.15, 0.2) is 5.76 Å². The predicted octanol–water partition coefficient (Wildman–Crippen LogP) is 2.88. The number of hydrogen-bond acceptors (Lipinski definition) is 4. The van der Waals surface area contributed by atoms with Gasteiger partial charge in [0, 0.05) is 0 Å². The van der Waals surface area contributed by atoms with Gasteiger partial charge in [-0.15, -0.1) is 0 Å². The Morgan fingerprint density at radius 2 is 2.04 bits per heavy atom. The van der Waals surface area contributed by atoms with Crippen LogP contribution in [0.25, 0.3) is 11.5 Å². The van der Waals surface area contributed by atoms with E-state index in [1.807, 2.05) is 13.8 Å². The second-order valence-electron chi connectivity index (χ2n) is 5.80. The van der Waals surface area contributed by atoms with Crippen molar-refractivity contribution in [2.45, 2.75) is 33.2 Å². The predicted molar refractivity (Wildman–Crippen MR) is 85.0 cm³/mol. The molecule has 6 nitrogen and oxygen atoms in total. The van der Waals surface area contributed by atoms with E-state index in [0.29, 0.717) is 29.1 Å². The second-order valence-corrected chi connectivity index (χ2v) is 5.80. The van der Waals surface area contributed by atoms with Gasteiger partial charge >= 0.3 is 5.97 Å². The van der Waals surface area contributed by atoms with Crippen molar-refractivity contribution in [3.63, 3.8) is 0 Å². The maximum absolute atomic E-state index is 12.3. The molecule has 0 aliphatic heterocycles. The highest BCUT2D eigenvalue weighted by Crippen LogP contribution is 2.19. The van der Waals surface area contributed by atoms with Crippen LogP contribution in [-0.4, -0.2) is 28.0 Å². The van der Waals surface area contributed by atoms with Crippen LogP contribution in [0, 0.1) is 12.8 Å². The van der Waals surface area contributed by atoms with Crippen molar-refractivity contribution in [3.8, 4) is 11.5 Å². The summed E-state index contributed by atoms with van der Waals surface area (Å²) in [6.07, 6.45) is 1.92. The number of nitrogens with one attached hydrogen (secondary N) is 1. The number of aromatic nitrogens is 1. The molecule has 122 valence electrons. The minimum Gasteiger partial charge on any atom is -0.480 e. The van der Waals surface area contributed by atoms with Gasteiger partial charge in [-0.2, -0.15) is 0 Å². The molecule has 0 saturated carbocycles. The van der Waals surface area contributed by atoms with Crippen LogP contribution in [0.15, 0.2) is 34.9 Å². The van der Waals surface area contributed by atoms with Gasteiger partial charge in [0.05, 0.1) is 17.5 Å². The molecule has 0 aliphatic rings. The summed E-state index contributed by atoms with van der Waals surface area (Å²) in [5.74, 6) is -0.695. The highest BCUT2D eigenvalue weighted by atomic mass is 16.4. The Morgan fingerprint density at radius 1 is 1.30 bits per heavy atom. The third-order valence-electron chi connectivity index (χ3n) is 3.41. The van der Waals surface area contributed by atoms with Crippen molar-refractivity contribution < 1.29 is 19.1 Å². The van der Waals surface area contributed by atoms with E-state index < -0.39 is 17.9 Å². The molecule has 2 aromatic heterocycles. The van der Waals surface area contributed by atoms with E-state index in [0.717, 1.165) is 0 Å². The van der Waals surface area contributed by atoms with Crippen LogP contribution >= 0.6 is 0 Å². The van der Waals surface area contributed by atoms with Crippen LogP contribution in [0.3, 0.4) is 0 Å². The van der Waals surface area contributed by atoms with Gasteiger partial charge in [-0.3, -0.25) is 4.79 Å². The maximum Gasteiger partial charge on any atom is 0.326 e. The molecule has 23 heavy (non-hydrogen) atoms. The molecule has 0 radical (unpaired) electrons. The fourth-order valence-corrected chi connectivity index (χ4v) is 2.29. The van der Waals surface area contributed by atoms with Crippen LogP contribution in [0.4, 0.5) is 0 Å². The van der Waals surface area contributed by atoms with Gasteiger partial charge in [0.25, 0.3) is 5.91 Å². The summed E-state index contributed by atoms with van der Waals surface area (Å²) in [5, 5.41) is 11.8. The van der Waals surface area contributed by atoms with Gasteiger partial charge in [-0.1, -0.05) is 13.8 Å². The molecule has 1 amide bonds. The molecule has 2 heterocycles. The Morgan fingerprint density at radius 3 is 2.57 bits per heavy atom. The maximum atomic E-state index is 12.3. The number of carbonyl (C=O) groups is 2. The molecular formula is C17H20N2O4. The lowest BCUT2D eigenvalue weighted by Crippen LogP contribution is -2.41. The minimum atomic E-state index is -1.04. The van der Waals surface area contributed by atoms with Crippen molar-refractivity contribution in [3.05, 3.63) is 41.8 Å². The van der Waals surface area contributed by atoms with Crippen LogP contribution < -0.4 is 5.32 Å². The quantitative estimate of drug-likeness (QED) is 0.855. The SMILES string of the molecule is Cc1nc(-c2ccco2)ccc1C(=O)N[C@H](CC(C)C)C(=O)O. The molecule has 0 bridgehead atoms. The van der Waals surface area contributed by atoms with Crippen LogP contribution in [0.5, 0.6) is 0 Å². The molecule has 0 spiro atoms. The van der Waals surface area contributed by atoms with E-state index in [1.165, 1.54) is 0 Å². The monoisotopic (exact) mass is 316 g/mol. The lowest BCUT2D eigenvalue weighted by Gasteiger charge is -2.17. The van der Waals surface area contributed by atoms with Gasteiger partial charge in [0.1, 0.15) is 11.7 Å². The van der Waals surface area contributed by atoms with Crippen molar-refractivity contribution in [1.82, 2.24) is 10.3 Å². The Kier molecular flexibility index (Phi) is 5.16. The molecule has 2 rings (SSSR count). The first-order valence-corrected chi connectivity index (χ1v) is 7.43. The number of rotatable bonds is 6. The summed E-state index contributed by atoms with van der Waals surface area (Å²) in [5.41, 5.74) is 1.50. The number of aliphatic carboxylic acids is 1. The molecule has 2 N–H and O–H groups in total. The number of carboxylic acid groups (broad SMARTS) is 1. The van der Waals surface area contributed by atoms with E-state index in [-0.39, 0.29) is 5.92 Å². The zero-order valence-corrected chi connectivity index (χ0v) is 13.4. The standard InChI is InChI=1S/C17H20N2O4/c1-10(2)9-14(17(21)22)19-16(20)12-6-7-13(18-11(12)3)15-5-4-8-23-15/h4-8,10,14H,9H2,1-3H3,(H,19,20)(H,21,22)/t14-/m1/s1. The fourth-order valence-electron chi connectivity index (χ4n) is 2.29. The minimum absolute atomic E-state index is 0.164. The number of aryl methyl sites for hydroxylation is 1. The summed E-state index contributed by atoms with van der Waals surface area (Å²) in [6, 6.07) is 5.94. The summed E-state index contributed by atoms with van der Waals surface area (Å²) in [6.45, 7) is 5.53. The third-order valence-corrected chi connectivity index (χ3v) is 3.41. The zero-order valence-electron chi connectivity index (χ0n) is 13.4. The first-order chi connectivity index (χ1) is 10.9. The molecule has 0 saturated heterocycles. The molecule has 0 aliphatic carbocycles. The highest BCUT2D eigenvalue weighted by Gasteiger charge is 2.23. The molecule has 0 aromatic carbocycles. The van der Waals surface area contributed by atoms with E-state index >= 15 is 0 Å². The average Bonchev–Trinajstić information content (AvgIpc) is 2.99. The number of nitrogens with zero attached hydrogens (tertiary/aromatic N) is 1. The van der Waals surface area contributed by atoms with Crippen molar-refractivity contribution in [2.24, 2.45) is 5.92 Å². The van der Waals surface area contributed by atoms with Crippen molar-refractivity contribution in [2.75, 3.05) is 0 Å². The van der Waals surface area contributed by atoms with Gasteiger partial charge in [-0.25, -0.2) is 9.78 Å². The highest BCUT2D eigenvalue weighted by molar-refractivity contribution is 5.97. The van der Waals surface area contributed by atoms with Crippen molar-refractivity contribution >= 4 is 11.9 Å². The summed E-state index contributed by atoms with van der Waals surface area (Å²) < 4.78 is 5.27. The van der Waals surface area contributed by atoms with Gasteiger partial charge in [0.2, 0.25) is 0 Å². The van der Waals surface area contributed by atoms with Gasteiger partial charge in [-0.05, 0) is 43.5 Å². The van der Waals surface area contributed by atoms with E-state index in [4.69, 9.17) is 4.42 Å². The first kappa shape index (κ1) is 16.7. The van der Waals surface area contributed by atoms with Crippen LogP contribution in [-0.2, 0) is 4.79 Å². The smallest absolute Gasteiger partial charge is 0.326 e. The van der Waals surface area contributed by atoms with E-state index in [2.05, 4.69) is 10.3 Å². The summed E-state index contributed by atoms with van der Waals surface area (Å²) in [4.78, 5) is 27.9. The average molecular weight is 316 g/mol. The van der Waals surface area contributed by atoms with Crippen molar-refractivity contribution in [1.29, 1.82) is 0 Å². The zero-order chi connectivity index (χ0) is 17.0. The number of carboxylic acids is 1. The lowest BCUT2D eigenvalue weighted by atomic mass is 10.0. The largest absolute Gasteiger partial charge is 0.480 e. The second kappa shape index (κ2) is 7.09. The number of furan rings is 1. The number of pyridine rings is 1. The molecule has 0 fully saturated rings. The van der Waals surface area contributed by atoms with Crippen LogP contribution in [0.2, 0.25) is 0 Å². The topological polar surface area (TPSA) is 92.4 Å². The fraction of sp³-hybridized carbons (Fsp3) is 0.353. The van der Waals surface area contributed by atoms with E-state index in [9.17, 15) is 14.7 Å². The van der Waals surface area contributed by atoms with E-state index in [1.54, 1.807) is 37.5 Å². The lowest BCUT2D eigenvalue weighted by molar-refractivity contribution is -0.139. The van der Waals surface area contributed by atoms with Crippen LogP contribution in [0.1, 0.15) is 36.3 Å². The van der Waals surface area contributed by atoms with Gasteiger partial charge < -0.3 is 14.8 Å².